The number of ether oxygens (including phenoxy) is 2. The van der Waals surface area contributed by atoms with Gasteiger partial charge < -0.3 is 14.8 Å². The van der Waals surface area contributed by atoms with Crippen LogP contribution in [0.15, 0.2) is 24.3 Å². The van der Waals surface area contributed by atoms with Crippen molar-refractivity contribution < 1.29 is 9.47 Å². The van der Waals surface area contributed by atoms with E-state index in [4.69, 9.17) is 9.47 Å². The van der Waals surface area contributed by atoms with Crippen LogP contribution in [0.5, 0.6) is 5.75 Å². The molecule has 0 bridgehead atoms. The van der Waals surface area contributed by atoms with Crippen molar-refractivity contribution in [1.29, 1.82) is 0 Å². The molecular formula is C17H25NO2. The number of rotatable bonds is 6. The Kier molecular flexibility index (Phi) is 4.58. The molecule has 1 saturated carbocycles. The molecule has 1 saturated heterocycles. The smallest absolute Gasteiger partial charge is 0.118 e. The molecule has 1 heterocycles. The SMILES string of the molecule is COc1ccc(C(NCC2CCOCC2)C2CC2)cc1. The Balaban J connectivity index is 1.59. The maximum atomic E-state index is 5.43. The summed E-state index contributed by atoms with van der Waals surface area (Å²) in [7, 11) is 1.72. The van der Waals surface area contributed by atoms with Crippen molar-refractivity contribution in [2.24, 2.45) is 11.8 Å². The molecule has 1 aromatic rings. The highest BCUT2D eigenvalue weighted by Crippen LogP contribution is 2.41. The summed E-state index contributed by atoms with van der Waals surface area (Å²) in [6.07, 6.45) is 5.12. The summed E-state index contributed by atoms with van der Waals surface area (Å²) in [6.45, 7) is 2.99. The molecule has 0 spiro atoms. The molecule has 1 N–H and O–H groups in total. The summed E-state index contributed by atoms with van der Waals surface area (Å²) in [5, 5.41) is 3.81. The van der Waals surface area contributed by atoms with Gasteiger partial charge in [-0.3, -0.25) is 0 Å². The molecule has 0 aromatic heterocycles. The van der Waals surface area contributed by atoms with Gasteiger partial charge in [0, 0.05) is 19.3 Å². The third kappa shape index (κ3) is 3.53. The predicted molar refractivity (Wildman–Crippen MR) is 80.0 cm³/mol. The van der Waals surface area contributed by atoms with Gasteiger partial charge in [0.25, 0.3) is 0 Å². The molecule has 110 valence electrons. The second kappa shape index (κ2) is 6.59. The van der Waals surface area contributed by atoms with Gasteiger partial charge in [-0.15, -0.1) is 0 Å². The lowest BCUT2D eigenvalue weighted by Gasteiger charge is -2.26. The molecule has 1 aliphatic heterocycles. The lowest BCUT2D eigenvalue weighted by atomic mass is 9.97. The first kappa shape index (κ1) is 13.9. The molecule has 3 heteroatoms. The summed E-state index contributed by atoms with van der Waals surface area (Å²) in [6, 6.07) is 9.07. The average Bonchev–Trinajstić information content (AvgIpc) is 3.34. The Morgan fingerprint density at radius 1 is 1.15 bits per heavy atom. The second-order valence-corrected chi connectivity index (χ2v) is 6.05. The van der Waals surface area contributed by atoms with E-state index in [1.165, 1.54) is 31.2 Å². The highest BCUT2D eigenvalue weighted by molar-refractivity contribution is 5.30. The van der Waals surface area contributed by atoms with E-state index >= 15 is 0 Å². The van der Waals surface area contributed by atoms with Crippen LogP contribution in [0.4, 0.5) is 0 Å². The van der Waals surface area contributed by atoms with Crippen molar-refractivity contribution in [3.05, 3.63) is 29.8 Å². The van der Waals surface area contributed by atoms with Crippen LogP contribution in [-0.4, -0.2) is 26.9 Å². The van der Waals surface area contributed by atoms with Crippen LogP contribution in [0.1, 0.15) is 37.3 Å². The third-order valence-corrected chi connectivity index (χ3v) is 4.54. The molecule has 1 aromatic carbocycles. The van der Waals surface area contributed by atoms with Crippen molar-refractivity contribution in [2.75, 3.05) is 26.9 Å². The Morgan fingerprint density at radius 3 is 2.45 bits per heavy atom. The van der Waals surface area contributed by atoms with E-state index in [-0.39, 0.29) is 0 Å². The molecule has 3 rings (SSSR count). The fourth-order valence-corrected chi connectivity index (χ4v) is 3.04. The first-order valence-electron chi connectivity index (χ1n) is 7.82. The minimum Gasteiger partial charge on any atom is -0.497 e. The fourth-order valence-electron chi connectivity index (χ4n) is 3.04. The van der Waals surface area contributed by atoms with Crippen LogP contribution in [0, 0.1) is 11.8 Å². The predicted octanol–water partition coefficient (Wildman–Crippen LogP) is 3.16. The monoisotopic (exact) mass is 275 g/mol. The van der Waals surface area contributed by atoms with Gasteiger partial charge in [0.1, 0.15) is 5.75 Å². The van der Waals surface area contributed by atoms with Gasteiger partial charge in [0.2, 0.25) is 0 Å². The quantitative estimate of drug-likeness (QED) is 0.865. The van der Waals surface area contributed by atoms with Crippen molar-refractivity contribution in [1.82, 2.24) is 5.32 Å². The first-order valence-corrected chi connectivity index (χ1v) is 7.82. The fraction of sp³-hybridized carbons (Fsp3) is 0.647. The Morgan fingerprint density at radius 2 is 1.85 bits per heavy atom. The first-order chi connectivity index (χ1) is 9.86. The number of methoxy groups -OCH3 is 1. The summed E-state index contributed by atoms with van der Waals surface area (Å²) in [5.74, 6) is 2.54. The third-order valence-electron chi connectivity index (χ3n) is 4.54. The van der Waals surface area contributed by atoms with Crippen LogP contribution < -0.4 is 10.1 Å². The zero-order chi connectivity index (χ0) is 13.8. The van der Waals surface area contributed by atoms with Crippen molar-refractivity contribution in [3.8, 4) is 5.75 Å². The van der Waals surface area contributed by atoms with Gasteiger partial charge in [0.15, 0.2) is 0 Å². The van der Waals surface area contributed by atoms with Crippen molar-refractivity contribution >= 4 is 0 Å². The Labute approximate surface area is 121 Å². The maximum absolute atomic E-state index is 5.43. The van der Waals surface area contributed by atoms with Gasteiger partial charge in [-0.25, -0.2) is 0 Å². The number of hydrogen-bond donors (Lipinski definition) is 1. The standard InChI is InChI=1S/C17H25NO2/c1-19-16-6-4-15(5-7-16)17(14-2-3-14)18-12-13-8-10-20-11-9-13/h4-7,13-14,17-18H,2-3,8-12H2,1H3. The normalized spacial score (nSPS) is 21.6. The van der Waals surface area contributed by atoms with E-state index in [0.717, 1.165) is 37.3 Å². The summed E-state index contributed by atoms with van der Waals surface area (Å²) in [4.78, 5) is 0. The molecule has 1 aliphatic carbocycles. The van der Waals surface area contributed by atoms with E-state index in [0.29, 0.717) is 6.04 Å². The van der Waals surface area contributed by atoms with E-state index in [1.807, 2.05) is 0 Å². The van der Waals surface area contributed by atoms with E-state index < -0.39 is 0 Å². The molecule has 2 fully saturated rings. The number of nitrogens with one attached hydrogen (secondary N) is 1. The molecule has 0 radical (unpaired) electrons. The molecule has 3 nitrogen and oxygen atoms in total. The largest absolute Gasteiger partial charge is 0.497 e. The number of hydrogen-bond acceptors (Lipinski definition) is 3. The second-order valence-electron chi connectivity index (χ2n) is 6.05. The van der Waals surface area contributed by atoms with Gasteiger partial charge in [0.05, 0.1) is 7.11 Å². The van der Waals surface area contributed by atoms with E-state index in [1.54, 1.807) is 7.11 Å². The van der Waals surface area contributed by atoms with Gasteiger partial charge >= 0.3 is 0 Å². The van der Waals surface area contributed by atoms with Gasteiger partial charge in [-0.2, -0.15) is 0 Å². The van der Waals surface area contributed by atoms with Crippen LogP contribution in [-0.2, 0) is 4.74 Å². The maximum Gasteiger partial charge on any atom is 0.118 e. The molecule has 20 heavy (non-hydrogen) atoms. The number of benzene rings is 1. The lowest BCUT2D eigenvalue weighted by Crippen LogP contribution is -2.31. The summed E-state index contributed by atoms with van der Waals surface area (Å²) in [5.41, 5.74) is 1.40. The Hall–Kier alpha value is -1.06. The zero-order valence-electron chi connectivity index (χ0n) is 12.3. The van der Waals surface area contributed by atoms with Crippen molar-refractivity contribution in [3.63, 3.8) is 0 Å². The minimum atomic E-state index is 0.517. The highest BCUT2D eigenvalue weighted by Gasteiger charge is 2.32. The van der Waals surface area contributed by atoms with Crippen LogP contribution in [0.3, 0.4) is 0 Å². The zero-order valence-corrected chi connectivity index (χ0v) is 12.3. The average molecular weight is 275 g/mol. The lowest BCUT2D eigenvalue weighted by molar-refractivity contribution is 0.0652. The van der Waals surface area contributed by atoms with Crippen LogP contribution in [0.25, 0.3) is 0 Å². The minimum absolute atomic E-state index is 0.517. The summed E-state index contributed by atoms with van der Waals surface area (Å²) >= 11 is 0. The van der Waals surface area contributed by atoms with Crippen LogP contribution in [0.2, 0.25) is 0 Å². The molecule has 1 atom stereocenters. The van der Waals surface area contributed by atoms with Gasteiger partial charge in [-0.1, -0.05) is 12.1 Å². The molecule has 0 amide bonds. The molecule has 2 aliphatic rings. The summed E-state index contributed by atoms with van der Waals surface area (Å²) < 4.78 is 10.7. The van der Waals surface area contributed by atoms with Gasteiger partial charge in [-0.05, 0) is 61.8 Å². The highest BCUT2D eigenvalue weighted by atomic mass is 16.5. The molecule has 1 unspecified atom stereocenters. The topological polar surface area (TPSA) is 30.5 Å². The van der Waals surface area contributed by atoms with E-state index in [2.05, 4.69) is 29.6 Å². The van der Waals surface area contributed by atoms with Crippen molar-refractivity contribution in [2.45, 2.75) is 31.7 Å². The van der Waals surface area contributed by atoms with E-state index in [9.17, 15) is 0 Å². The molecular weight excluding hydrogens is 250 g/mol. The van der Waals surface area contributed by atoms with Crippen LogP contribution >= 0.6 is 0 Å². The Bertz CT molecular complexity index is 408.